The van der Waals surface area contributed by atoms with Crippen LogP contribution in [0.15, 0.2) is 97.2 Å². The minimum Gasteiger partial charge on any atom is -0.488 e. The first-order valence-electron chi connectivity index (χ1n) is 13.6. The maximum Gasteiger partial charge on any atom is 0.338 e. The molecule has 44 heavy (non-hydrogen) atoms. The van der Waals surface area contributed by atoms with E-state index < -0.39 is 16.9 Å². The van der Waals surface area contributed by atoms with E-state index in [4.69, 9.17) is 9.47 Å². The summed E-state index contributed by atoms with van der Waals surface area (Å²) in [5.74, 6) is 0.0161. The molecule has 0 bridgehead atoms. The molecule has 3 aromatic carbocycles. The molecule has 1 aliphatic heterocycles. The van der Waals surface area contributed by atoms with Gasteiger partial charge in [0.2, 0.25) is 0 Å². The van der Waals surface area contributed by atoms with E-state index in [1.807, 2.05) is 42.7 Å². The summed E-state index contributed by atoms with van der Waals surface area (Å²) >= 11 is 6.34. The van der Waals surface area contributed by atoms with Crippen LogP contribution in [0.1, 0.15) is 43.5 Å². The second-order valence-electron chi connectivity index (χ2n) is 10.2. The van der Waals surface area contributed by atoms with Gasteiger partial charge in [-0.05, 0) is 86.7 Å². The second-order valence-corrected chi connectivity index (χ2v) is 13.0. The van der Waals surface area contributed by atoms with Crippen molar-refractivity contribution < 1.29 is 19.2 Å². The van der Waals surface area contributed by atoms with E-state index in [-0.39, 0.29) is 24.0 Å². The first-order valence-corrected chi connectivity index (χ1v) is 16.4. The number of nitrogens with zero attached hydrogens (tertiary/aromatic N) is 3. The summed E-state index contributed by atoms with van der Waals surface area (Å²) in [6.07, 6.45) is 3.39. The van der Waals surface area contributed by atoms with Gasteiger partial charge in [-0.15, -0.1) is 11.8 Å². The summed E-state index contributed by atoms with van der Waals surface area (Å²) in [6.45, 7) is 5.50. The molecular weight excluding hydrogens is 666 g/mol. The Morgan fingerprint density at radius 3 is 2.50 bits per heavy atom. The van der Waals surface area contributed by atoms with Crippen molar-refractivity contribution in [3.8, 4) is 5.75 Å². The molecule has 0 radical (unpaired) electrons. The van der Waals surface area contributed by atoms with Crippen LogP contribution in [0.25, 0.3) is 6.08 Å². The number of nitro benzene ring substituents is 1. The standard InChI is InChI=1S/C32H28BrN3O6S2/c1-18(2)42-31(38)28-19(3)34-32-35(29(28)21-7-12-25(43-4)13-8-21)30(37)27(44-32)16-22-15-23(33)9-14-26(22)41-17-20-5-10-24(11-6-20)36(39)40/h5-16,18,29H,17H2,1-4H3/b27-16-/t29-/m0/s1. The third-order valence-corrected chi connectivity index (χ3v) is 9.04. The topological polar surface area (TPSA) is 113 Å². The first kappa shape index (κ1) is 31.4. The lowest BCUT2D eigenvalue weighted by Gasteiger charge is -2.25. The summed E-state index contributed by atoms with van der Waals surface area (Å²) in [5.41, 5.74) is 2.71. The summed E-state index contributed by atoms with van der Waals surface area (Å²) in [5, 5.41) is 11.0. The maximum absolute atomic E-state index is 14.1. The molecule has 0 amide bonds. The molecule has 0 unspecified atom stereocenters. The number of ether oxygens (including phenoxy) is 2. The fourth-order valence-corrected chi connectivity index (χ4v) is 6.57. The van der Waals surface area contributed by atoms with Gasteiger partial charge in [0.25, 0.3) is 11.2 Å². The van der Waals surface area contributed by atoms with E-state index in [0.717, 1.165) is 20.5 Å². The predicted octanol–water partition coefficient (Wildman–Crippen LogP) is 6.16. The zero-order valence-electron chi connectivity index (χ0n) is 24.3. The zero-order chi connectivity index (χ0) is 31.5. The van der Waals surface area contributed by atoms with Crippen LogP contribution >= 0.6 is 39.0 Å². The highest BCUT2D eigenvalue weighted by Crippen LogP contribution is 2.32. The molecule has 1 aromatic heterocycles. The van der Waals surface area contributed by atoms with Crippen molar-refractivity contribution in [2.24, 2.45) is 4.99 Å². The van der Waals surface area contributed by atoms with Gasteiger partial charge in [0, 0.05) is 27.1 Å². The lowest BCUT2D eigenvalue weighted by molar-refractivity contribution is -0.384. The van der Waals surface area contributed by atoms with Crippen LogP contribution in [0, 0.1) is 10.1 Å². The Morgan fingerprint density at radius 1 is 1.16 bits per heavy atom. The van der Waals surface area contributed by atoms with Crippen LogP contribution in [-0.4, -0.2) is 27.8 Å². The highest BCUT2D eigenvalue weighted by Gasteiger charge is 2.33. The summed E-state index contributed by atoms with van der Waals surface area (Å²) < 4.78 is 14.4. The van der Waals surface area contributed by atoms with Crippen molar-refractivity contribution in [2.75, 3.05) is 6.26 Å². The highest BCUT2D eigenvalue weighted by atomic mass is 79.9. The fourth-order valence-electron chi connectivity index (χ4n) is 4.74. The maximum atomic E-state index is 14.1. The van der Waals surface area contributed by atoms with Crippen LogP contribution in [0.4, 0.5) is 5.69 Å². The quantitative estimate of drug-likeness (QED) is 0.0893. The summed E-state index contributed by atoms with van der Waals surface area (Å²) in [7, 11) is 0. The SMILES string of the molecule is CSc1ccc([C@H]2C(C(=O)OC(C)C)=C(C)N=c3s/c(=C\c4cc(Br)ccc4OCc4ccc([N+](=O)[O-])cc4)c(=O)n32)cc1. The number of aromatic nitrogens is 1. The normalized spacial score (nSPS) is 14.8. The summed E-state index contributed by atoms with van der Waals surface area (Å²) in [4.78, 5) is 44.2. The number of carbonyl (C=O) groups excluding carboxylic acids is 1. The van der Waals surface area contributed by atoms with Crippen molar-refractivity contribution in [1.29, 1.82) is 0 Å². The molecule has 1 atom stereocenters. The number of hydrogen-bond donors (Lipinski definition) is 0. The number of fused-ring (bicyclic) bond motifs is 1. The number of esters is 1. The number of rotatable bonds is 9. The fraction of sp³-hybridized carbons (Fsp3) is 0.219. The molecule has 0 aliphatic carbocycles. The van der Waals surface area contributed by atoms with E-state index in [9.17, 15) is 19.7 Å². The average Bonchev–Trinajstić information content (AvgIpc) is 3.29. The van der Waals surface area contributed by atoms with Crippen molar-refractivity contribution in [2.45, 2.75) is 44.4 Å². The van der Waals surface area contributed by atoms with Gasteiger partial charge in [0.05, 0.1) is 32.9 Å². The number of nitro groups is 1. The number of thiazole rings is 1. The molecule has 0 saturated heterocycles. The predicted molar refractivity (Wildman–Crippen MR) is 175 cm³/mol. The number of thioether (sulfide) groups is 1. The first-order chi connectivity index (χ1) is 21.0. The van der Waals surface area contributed by atoms with Crippen LogP contribution in [-0.2, 0) is 16.1 Å². The van der Waals surface area contributed by atoms with Gasteiger partial charge in [0.15, 0.2) is 4.80 Å². The van der Waals surface area contributed by atoms with E-state index >= 15 is 0 Å². The van der Waals surface area contributed by atoms with E-state index in [2.05, 4.69) is 20.9 Å². The van der Waals surface area contributed by atoms with Gasteiger partial charge >= 0.3 is 5.97 Å². The van der Waals surface area contributed by atoms with E-state index in [1.165, 1.54) is 23.5 Å². The van der Waals surface area contributed by atoms with Gasteiger partial charge in [-0.25, -0.2) is 9.79 Å². The van der Waals surface area contributed by atoms with Crippen molar-refractivity contribution >= 4 is 56.8 Å². The molecule has 4 aromatic rings. The van der Waals surface area contributed by atoms with Gasteiger partial charge in [0.1, 0.15) is 12.4 Å². The molecule has 0 saturated carbocycles. The van der Waals surface area contributed by atoms with Crippen molar-refractivity contribution in [1.82, 2.24) is 4.57 Å². The van der Waals surface area contributed by atoms with Gasteiger partial charge in [-0.2, -0.15) is 0 Å². The molecular formula is C32H28BrN3O6S2. The third kappa shape index (κ3) is 6.72. The lowest BCUT2D eigenvalue weighted by Crippen LogP contribution is -2.40. The number of allylic oxidation sites excluding steroid dienone is 1. The van der Waals surface area contributed by atoms with Gasteiger partial charge < -0.3 is 9.47 Å². The third-order valence-electron chi connectivity index (χ3n) is 6.82. The van der Waals surface area contributed by atoms with E-state index in [1.54, 1.807) is 61.4 Å². The number of carbonyl (C=O) groups is 1. The van der Waals surface area contributed by atoms with Crippen molar-refractivity contribution in [3.63, 3.8) is 0 Å². The smallest absolute Gasteiger partial charge is 0.338 e. The Hall–Kier alpha value is -4.00. The van der Waals surface area contributed by atoms with Crippen molar-refractivity contribution in [3.05, 3.63) is 129 Å². The molecule has 0 fully saturated rings. The Kier molecular flexibility index (Phi) is 9.52. The number of halogens is 1. The number of benzene rings is 3. The van der Waals surface area contributed by atoms with Crippen LogP contribution in [0.5, 0.6) is 5.75 Å². The van der Waals surface area contributed by atoms with Crippen LogP contribution in [0.3, 0.4) is 0 Å². The molecule has 9 nitrogen and oxygen atoms in total. The highest BCUT2D eigenvalue weighted by molar-refractivity contribution is 9.10. The Labute approximate surface area is 269 Å². The lowest BCUT2D eigenvalue weighted by atomic mass is 9.96. The van der Waals surface area contributed by atoms with Gasteiger partial charge in [-0.1, -0.05) is 39.4 Å². The minimum absolute atomic E-state index is 0.00261. The molecule has 12 heteroatoms. The van der Waals surface area contributed by atoms with Gasteiger partial charge in [-0.3, -0.25) is 19.5 Å². The Balaban J connectivity index is 1.58. The van der Waals surface area contributed by atoms with Crippen LogP contribution in [0.2, 0.25) is 0 Å². The Bertz CT molecular complexity index is 1950. The molecule has 226 valence electrons. The molecule has 5 rings (SSSR count). The zero-order valence-corrected chi connectivity index (χ0v) is 27.5. The largest absolute Gasteiger partial charge is 0.488 e. The molecule has 2 heterocycles. The molecule has 1 aliphatic rings. The molecule has 0 N–H and O–H groups in total. The molecule has 0 spiro atoms. The minimum atomic E-state index is -0.712. The number of hydrogen-bond acceptors (Lipinski definition) is 9. The van der Waals surface area contributed by atoms with Crippen LogP contribution < -0.4 is 19.6 Å². The second kappa shape index (κ2) is 13.3. The monoisotopic (exact) mass is 693 g/mol. The summed E-state index contributed by atoms with van der Waals surface area (Å²) in [6, 6.07) is 18.7. The van der Waals surface area contributed by atoms with E-state index in [0.29, 0.717) is 31.9 Å². The average molecular weight is 695 g/mol. The Morgan fingerprint density at radius 2 is 1.86 bits per heavy atom. The number of non-ortho nitro benzene ring substituents is 1.